The Balaban J connectivity index is 2.04. The summed E-state index contributed by atoms with van der Waals surface area (Å²) in [7, 11) is 0. The van der Waals surface area contributed by atoms with Gasteiger partial charge in [0.25, 0.3) is 0 Å². The Bertz CT molecular complexity index is 786. The van der Waals surface area contributed by atoms with E-state index < -0.39 is 0 Å². The summed E-state index contributed by atoms with van der Waals surface area (Å²) in [5.74, 6) is 0.433. The Morgan fingerprint density at radius 1 is 1.45 bits per heavy atom. The molecule has 2 aromatic rings. The highest BCUT2D eigenvalue weighted by Crippen LogP contribution is 2.33. The minimum atomic E-state index is -0.0604. The molecule has 0 spiro atoms. The van der Waals surface area contributed by atoms with Gasteiger partial charge < -0.3 is 0 Å². The fourth-order valence-electron chi connectivity index (χ4n) is 2.46. The van der Waals surface area contributed by atoms with Crippen LogP contribution in [0.4, 0.5) is 5.82 Å². The first-order chi connectivity index (χ1) is 10.4. The lowest BCUT2D eigenvalue weighted by molar-refractivity contribution is -0.117. The van der Waals surface area contributed by atoms with Crippen LogP contribution < -0.4 is 4.90 Å². The van der Waals surface area contributed by atoms with Crippen LogP contribution in [-0.2, 0) is 9.59 Å². The van der Waals surface area contributed by atoms with Gasteiger partial charge in [-0.05, 0) is 29.8 Å². The molecule has 0 N–H and O–H groups in total. The highest BCUT2D eigenvalue weighted by molar-refractivity contribution is 9.10. The van der Waals surface area contributed by atoms with E-state index in [1.165, 1.54) is 18.7 Å². The molecule has 3 rings (SSSR count). The Hall–Kier alpha value is -1.18. The number of hydrogen-bond donors (Lipinski definition) is 0. The molecular weight excluding hydrogens is 390 g/mol. The summed E-state index contributed by atoms with van der Waals surface area (Å²) >= 11 is 10.6. The molecule has 8 heteroatoms. The third kappa shape index (κ3) is 3.11. The second-order valence-electron chi connectivity index (χ2n) is 4.92. The summed E-state index contributed by atoms with van der Waals surface area (Å²) in [4.78, 5) is 33.5. The number of thioether (sulfide) groups is 1. The van der Waals surface area contributed by atoms with Crippen LogP contribution in [0.25, 0.3) is 10.9 Å². The molecule has 22 heavy (non-hydrogen) atoms. The molecule has 0 aliphatic carbocycles. The summed E-state index contributed by atoms with van der Waals surface area (Å²) in [5.41, 5.74) is 0.675. The van der Waals surface area contributed by atoms with E-state index in [4.69, 9.17) is 11.6 Å². The zero-order chi connectivity index (χ0) is 15.9. The Kier molecular flexibility index (Phi) is 4.38. The van der Waals surface area contributed by atoms with Crippen molar-refractivity contribution in [1.82, 2.24) is 9.97 Å². The lowest BCUT2D eigenvalue weighted by Gasteiger charge is -2.17. The smallest absolute Gasteiger partial charge is 0.229 e. The molecule has 1 aliphatic rings. The maximum atomic E-state index is 12.3. The zero-order valence-electron chi connectivity index (χ0n) is 11.5. The largest absolute Gasteiger partial charge is 0.295 e. The third-order valence-corrected chi connectivity index (χ3v) is 4.93. The zero-order valence-corrected chi connectivity index (χ0v) is 14.7. The fourth-order valence-corrected chi connectivity index (χ4v) is 3.91. The van der Waals surface area contributed by atoms with Gasteiger partial charge in [-0.2, -0.15) is 4.98 Å². The molecule has 1 saturated heterocycles. The van der Waals surface area contributed by atoms with Crippen molar-refractivity contribution in [2.24, 2.45) is 0 Å². The number of nitrogens with zero attached hydrogens (tertiary/aromatic N) is 3. The lowest BCUT2D eigenvalue weighted by atomic mass is 10.2. The van der Waals surface area contributed by atoms with Crippen LogP contribution in [-0.4, -0.2) is 32.8 Å². The highest BCUT2D eigenvalue weighted by Gasteiger charge is 2.33. The van der Waals surface area contributed by atoms with Crippen molar-refractivity contribution in [3.8, 4) is 0 Å². The molecule has 0 radical (unpaired) electrons. The molecule has 5 nitrogen and oxygen atoms in total. The van der Waals surface area contributed by atoms with Crippen LogP contribution in [0.1, 0.15) is 13.3 Å². The molecule has 1 aromatic carbocycles. The number of aromatic nitrogens is 2. The van der Waals surface area contributed by atoms with Crippen LogP contribution in [0.15, 0.2) is 22.7 Å². The number of hydrogen-bond acceptors (Lipinski definition) is 5. The van der Waals surface area contributed by atoms with Crippen LogP contribution in [0.3, 0.4) is 0 Å². The van der Waals surface area contributed by atoms with Gasteiger partial charge >= 0.3 is 0 Å². The molecule has 114 valence electrons. The summed E-state index contributed by atoms with van der Waals surface area (Å²) in [6, 6.07) is 5.54. The van der Waals surface area contributed by atoms with E-state index in [0.717, 1.165) is 9.86 Å². The Morgan fingerprint density at radius 3 is 2.95 bits per heavy atom. The monoisotopic (exact) mass is 399 g/mol. The first-order valence-electron chi connectivity index (χ1n) is 6.54. The SMILES string of the molecule is CC(=O)SC1CC(=O)N(c2nc(Cl)nc3ccc(Br)cc23)C1. The molecule has 0 bridgehead atoms. The maximum absolute atomic E-state index is 12.3. The number of amides is 1. The van der Waals surface area contributed by atoms with E-state index in [0.29, 0.717) is 24.3 Å². The minimum Gasteiger partial charge on any atom is -0.295 e. The van der Waals surface area contributed by atoms with Gasteiger partial charge in [0.1, 0.15) is 5.82 Å². The number of fused-ring (bicyclic) bond motifs is 1. The second-order valence-corrected chi connectivity index (χ2v) is 7.65. The molecule has 2 heterocycles. The molecule has 1 aromatic heterocycles. The van der Waals surface area contributed by atoms with Gasteiger partial charge in [-0.1, -0.05) is 27.7 Å². The summed E-state index contributed by atoms with van der Waals surface area (Å²) < 4.78 is 0.869. The number of carbonyl (C=O) groups excluding carboxylic acids is 2. The van der Waals surface area contributed by atoms with Crippen molar-refractivity contribution in [2.45, 2.75) is 18.6 Å². The predicted molar refractivity (Wildman–Crippen MR) is 91.3 cm³/mol. The van der Waals surface area contributed by atoms with Gasteiger partial charge in [0.05, 0.1) is 5.52 Å². The van der Waals surface area contributed by atoms with E-state index in [1.807, 2.05) is 18.2 Å². The average molecular weight is 401 g/mol. The normalized spacial score (nSPS) is 18.2. The van der Waals surface area contributed by atoms with E-state index in [1.54, 1.807) is 4.90 Å². The number of carbonyl (C=O) groups is 2. The predicted octanol–water partition coefficient (Wildman–Crippen LogP) is 3.43. The van der Waals surface area contributed by atoms with Crippen LogP contribution in [0.2, 0.25) is 5.28 Å². The molecular formula is C14H11BrClN3O2S. The fraction of sp³-hybridized carbons (Fsp3) is 0.286. The number of benzene rings is 1. The molecule has 0 saturated carbocycles. The van der Waals surface area contributed by atoms with Crippen molar-refractivity contribution in [1.29, 1.82) is 0 Å². The number of anilines is 1. The lowest BCUT2D eigenvalue weighted by Crippen LogP contribution is -2.26. The third-order valence-electron chi connectivity index (χ3n) is 3.29. The van der Waals surface area contributed by atoms with Crippen molar-refractivity contribution >= 4 is 67.0 Å². The Labute approximate surface area is 144 Å². The maximum Gasteiger partial charge on any atom is 0.229 e. The van der Waals surface area contributed by atoms with Crippen molar-refractivity contribution < 1.29 is 9.59 Å². The summed E-state index contributed by atoms with van der Waals surface area (Å²) in [5, 5.41) is 0.801. The first kappa shape index (κ1) is 15.7. The highest BCUT2D eigenvalue weighted by atomic mass is 79.9. The minimum absolute atomic E-state index is 0.00738. The van der Waals surface area contributed by atoms with Crippen molar-refractivity contribution in [2.75, 3.05) is 11.4 Å². The van der Waals surface area contributed by atoms with E-state index in [2.05, 4.69) is 25.9 Å². The number of rotatable bonds is 2. The molecule has 1 fully saturated rings. The van der Waals surface area contributed by atoms with Crippen LogP contribution in [0.5, 0.6) is 0 Å². The molecule has 1 aliphatic heterocycles. The van der Waals surface area contributed by atoms with Gasteiger partial charge in [-0.25, -0.2) is 4.98 Å². The summed E-state index contributed by atoms with van der Waals surface area (Å²) in [6.07, 6.45) is 0.321. The van der Waals surface area contributed by atoms with Gasteiger partial charge in [0.15, 0.2) is 5.12 Å². The van der Waals surface area contributed by atoms with E-state index >= 15 is 0 Å². The van der Waals surface area contributed by atoms with E-state index in [9.17, 15) is 9.59 Å². The van der Waals surface area contributed by atoms with E-state index in [-0.39, 0.29) is 21.6 Å². The van der Waals surface area contributed by atoms with Crippen LogP contribution in [0, 0.1) is 0 Å². The van der Waals surface area contributed by atoms with Crippen LogP contribution >= 0.6 is 39.3 Å². The average Bonchev–Trinajstić information content (AvgIpc) is 2.78. The first-order valence-corrected chi connectivity index (χ1v) is 8.59. The molecule has 1 atom stereocenters. The van der Waals surface area contributed by atoms with Crippen molar-refractivity contribution in [3.63, 3.8) is 0 Å². The van der Waals surface area contributed by atoms with Gasteiger partial charge in [-0.15, -0.1) is 0 Å². The molecule has 1 amide bonds. The topological polar surface area (TPSA) is 63.2 Å². The summed E-state index contributed by atoms with van der Waals surface area (Å²) in [6.45, 7) is 1.95. The van der Waals surface area contributed by atoms with Gasteiger partial charge in [0, 0.05) is 35.0 Å². The van der Waals surface area contributed by atoms with Gasteiger partial charge in [0.2, 0.25) is 11.2 Å². The Morgan fingerprint density at radius 2 is 2.23 bits per heavy atom. The second kappa shape index (κ2) is 6.14. The quantitative estimate of drug-likeness (QED) is 0.723. The standard InChI is InChI=1S/C14H11BrClN3O2S/c1-7(20)22-9-5-12(21)19(6-9)13-10-4-8(15)2-3-11(10)17-14(16)18-13/h2-4,9H,5-6H2,1H3. The van der Waals surface area contributed by atoms with Crippen molar-refractivity contribution in [3.05, 3.63) is 28.0 Å². The number of halogens is 2. The van der Waals surface area contributed by atoms with Gasteiger partial charge in [-0.3, -0.25) is 14.5 Å². The molecule has 1 unspecified atom stereocenters.